The fourth-order valence-corrected chi connectivity index (χ4v) is 6.85. The molecule has 0 fully saturated rings. The lowest BCUT2D eigenvalue weighted by atomic mass is 9.99. The van der Waals surface area contributed by atoms with Crippen LogP contribution in [-0.4, -0.2) is 56.7 Å². The summed E-state index contributed by atoms with van der Waals surface area (Å²) in [5.41, 5.74) is 4.96. The summed E-state index contributed by atoms with van der Waals surface area (Å²) in [5, 5.41) is 0.815. The van der Waals surface area contributed by atoms with Gasteiger partial charge in [0.1, 0.15) is 0 Å². The molecule has 2 aromatic heterocycles. The first kappa shape index (κ1) is 26.6. The molecule has 7 nitrogen and oxygen atoms in total. The van der Waals surface area contributed by atoms with Gasteiger partial charge in [-0.25, -0.2) is 4.98 Å². The molecule has 196 valence electrons. The minimum absolute atomic E-state index is 0.212. The summed E-state index contributed by atoms with van der Waals surface area (Å²) >= 11 is 13.8. The number of rotatable bonds is 5. The smallest absolute Gasteiger partial charge is 0.224 e. The summed E-state index contributed by atoms with van der Waals surface area (Å²) in [6.07, 6.45) is 2.34. The largest absolute Gasteiger partial charge is 0.480 e. The van der Waals surface area contributed by atoms with E-state index in [1.54, 1.807) is 30.5 Å². The summed E-state index contributed by atoms with van der Waals surface area (Å²) in [5.74, 6) is 0.486. The van der Waals surface area contributed by atoms with Crippen molar-refractivity contribution in [1.82, 2.24) is 14.9 Å². The third-order valence-corrected chi connectivity index (χ3v) is 9.18. The third kappa shape index (κ3) is 4.91. The molecule has 5 rings (SSSR count). The number of aldehydes is 1. The van der Waals surface area contributed by atoms with Crippen LogP contribution in [0.3, 0.4) is 0 Å². The third-order valence-electron chi connectivity index (χ3n) is 6.55. The number of benzene rings is 2. The first-order chi connectivity index (χ1) is 18.2. The highest BCUT2D eigenvalue weighted by atomic mass is 35.5. The lowest BCUT2D eigenvalue weighted by Crippen LogP contribution is -2.20. The first-order valence-corrected chi connectivity index (χ1v) is 14.2. The summed E-state index contributed by atoms with van der Waals surface area (Å²) < 4.78 is 27.0. The van der Waals surface area contributed by atoms with E-state index in [9.17, 15) is 13.9 Å². The summed E-state index contributed by atoms with van der Waals surface area (Å²) in [6, 6.07) is 16.3. The fraction of sp³-hybridized carbons (Fsp3) is 0.179. The van der Waals surface area contributed by atoms with Gasteiger partial charge in [-0.1, -0.05) is 53.5 Å². The van der Waals surface area contributed by atoms with E-state index < -0.39 is 10.6 Å². The molecule has 1 aliphatic heterocycles. The lowest BCUT2D eigenvalue weighted by Gasteiger charge is -2.32. The number of nitrogens with zero attached hydrogens (tertiary/aromatic N) is 3. The van der Waals surface area contributed by atoms with Crippen LogP contribution < -0.4 is 4.74 Å². The topological polar surface area (TPSA) is 95.8 Å². The molecule has 0 aliphatic carbocycles. The zero-order valence-corrected chi connectivity index (χ0v) is 23.0. The second-order valence-electron chi connectivity index (χ2n) is 9.03. The van der Waals surface area contributed by atoms with Crippen LogP contribution in [0.4, 0.5) is 0 Å². The molecule has 1 aliphatic rings. The Morgan fingerprint density at radius 2 is 1.79 bits per heavy atom. The molecule has 0 saturated heterocycles. The first-order valence-electron chi connectivity index (χ1n) is 11.7. The number of fused-ring (bicyclic) bond motifs is 1. The minimum Gasteiger partial charge on any atom is -0.480 e. The number of ether oxygens (including phenoxy) is 1. The Morgan fingerprint density at radius 1 is 1.03 bits per heavy atom. The number of carbonyl (C=O) groups is 1. The monoisotopic (exact) mass is 569 g/mol. The highest BCUT2D eigenvalue weighted by molar-refractivity contribution is 8.24. The minimum atomic E-state index is -2.94. The van der Waals surface area contributed by atoms with E-state index in [4.69, 9.17) is 27.9 Å². The maximum absolute atomic E-state index is 11.3. The van der Waals surface area contributed by atoms with E-state index in [-0.39, 0.29) is 11.6 Å². The van der Waals surface area contributed by atoms with Crippen LogP contribution in [0.5, 0.6) is 5.88 Å². The Hall–Kier alpha value is -2.98. The standard InChI is InChI=1S/C28H25Cl2N3O4S/c1-33-12-13-38(35,36)24-14-17(6-7-18(24)15-33)27-26(30)21(10-11-31-27)20-4-3-5-22(25(20)29)23-9-8-19(16-34)28(32-23)37-2/h3-11,14,16,35-36H,12-13,15H2,1-2H3. The van der Waals surface area contributed by atoms with Crippen molar-refractivity contribution < 1.29 is 18.6 Å². The van der Waals surface area contributed by atoms with Gasteiger partial charge >= 0.3 is 0 Å². The van der Waals surface area contributed by atoms with Crippen LogP contribution >= 0.6 is 33.8 Å². The van der Waals surface area contributed by atoms with Crippen molar-refractivity contribution in [3.63, 3.8) is 0 Å². The molecule has 0 saturated carbocycles. The molecule has 4 aromatic rings. The predicted molar refractivity (Wildman–Crippen MR) is 153 cm³/mol. The van der Waals surface area contributed by atoms with Gasteiger partial charge < -0.3 is 9.64 Å². The van der Waals surface area contributed by atoms with Crippen LogP contribution in [-0.2, 0) is 6.54 Å². The van der Waals surface area contributed by atoms with Crippen molar-refractivity contribution in [3.05, 3.63) is 82.0 Å². The molecule has 0 amide bonds. The molecular weight excluding hydrogens is 545 g/mol. The van der Waals surface area contributed by atoms with Gasteiger partial charge in [-0.3, -0.25) is 18.9 Å². The number of aromatic nitrogens is 2. The molecule has 0 atom stereocenters. The molecule has 3 heterocycles. The number of carbonyl (C=O) groups excluding carboxylic acids is 1. The van der Waals surface area contributed by atoms with Crippen molar-refractivity contribution in [2.75, 3.05) is 26.5 Å². The molecule has 2 N–H and O–H groups in total. The zero-order chi connectivity index (χ0) is 27.0. The molecule has 0 bridgehead atoms. The van der Waals surface area contributed by atoms with Crippen molar-refractivity contribution in [1.29, 1.82) is 0 Å². The van der Waals surface area contributed by atoms with Gasteiger partial charge in [0.15, 0.2) is 6.29 Å². The molecule has 0 unspecified atom stereocenters. The Kier molecular flexibility index (Phi) is 7.46. The highest BCUT2D eigenvalue weighted by Gasteiger charge is 2.26. The van der Waals surface area contributed by atoms with Crippen LogP contribution in [0.15, 0.2) is 65.7 Å². The van der Waals surface area contributed by atoms with Gasteiger partial charge in [-0.05, 0) is 36.9 Å². The van der Waals surface area contributed by atoms with Crippen LogP contribution in [0.1, 0.15) is 15.9 Å². The second-order valence-corrected chi connectivity index (χ2v) is 12.0. The quantitative estimate of drug-likeness (QED) is 0.246. The Morgan fingerprint density at radius 3 is 2.55 bits per heavy atom. The molecular formula is C28H25Cl2N3O4S. The van der Waals surface area contributed by atoms with Gasteiger partial charge in [-0.2, -0.15) is 10.6 Å². The molecule has 10 heteroatoms. The van der Waals surface area contributed by atoms with E-state index in [1.807, 2.05) is 37.4 Å². The van der Waals surface area contributed by atoms with Crippen molar-refractivity contribution >= 4 is 40.1 Å². The summed E-state index contributed by atoms with van der Waals surface area (Å²) in [4.78, 5) is 22.8. The zero-order valence-electron chi connectivity index (χ0n) is 20.7. The molecule has 2 aromatic carbocycles. The van der Waals surface area contributed by atoms with Crippen molar-refractivity contribution in [2.24, 2.45) is 0 Å². The number of hydrogen-bond acceptors (Lipinski definition) is 7. The van der Waals surface area contributed by atoms with Crippen LogP contribution in [0, 0.1) is 0 Å². The lowest BCUT2D eigenvalue weighted by molar-refractivity contribution is 0.112. The van der Waals surface area contributed by atoms with Gasteiger partial charge in [-0.15, -0.1) is 0 Å². The number of methoxy groups -OCH3 is 1. The van der Waals surface area contributed by atoms with E-state index in [0.717, 1.165) is 5.56 Å². The molecule has 0 spiro atoms. The highest BCUT2D eigenvalue weighted by Crippen LogP contribution is 2.52. The SMILES string of the molecule is COc1nc(-c2cccc(-c3ccnc(-c4ccc5c(c4)S(O)(O)CCN(C)C5)c3Cl)c2Cl)ccc1C=O. The van der Waals surface area contributed by atoms with E-state index in [0.29, 0.717) is 73.5 Å². The van der Waals surface area contributed by atoms with Crippen molar-refractivity contribution in [2.45, 2.75) is 11.4 Å². The maximum Gasteiger partial charge on any atom is 0.224 e. The average Bonchev–Trinajstić information content (AvgIpc) is 3.03. The van der Waals surface area contributed by atoms with Gasteiger partial charge in [0.05, 0.1) is 44.8 Å². The van der Waals surface area contributed by atoms with Crippen molar-refractivity contribution in [3.8, 4) is 39.5 Å². The maximum atomic E-state index is 11.3. The Bertz CT molecular complexity index is 1550. The van der Waals surface area contributed by atoms with Crippen LogP contribution in [0.2, 0.25) is 10.0 Å². The summed E-state index contributed by atoms with van der Waals surface area (Å²) in [7, 11) is 0.469. The summed E-state index contributed by atoms with van der Waals surface area (Å²) in [6.45, 7) is 1.22. The normalized spacial score (nSPS) is 15.8. The molecule has 38 heavy (non-hydrogen) atoms. The van der Waals surface area contributed by atoms with Gasteiger partial charge in [0, 0.05) is 41.5 Å². The van der Waals surface area contributed by atoms with Gasteiger partial charge in [0.25, 0.3) is 0 Å². The Labute approximate surface area is 232 Å². The number of halogens is 2. The fourth-order valence-electron chi connectivity index (χ4n) is 4.54. The number of hydrogen-bond donors (Lipinski definition) is 2. The van der Waals surface area contributed by atoms with E-state index in [1.165, 1.54) is 7.11 Å². The average molecular weight is 570 g/mol. The predicted octanol–water partition coefficient (Wildman–Crippen LogP) is 7.16. The number of pyridine rings is 2. The van der Waals surface area contributed by atoms with E-state index in [2.05, 4.69) is 14.9 Å². The van der Waals surface area contributed by atoms with Gasteiger partial charge in [0.2, 0.25) is 5.88 Å². The molecule has 0 radical (unpaired) electrons. The van der Waals surface area contributed by atoms with Crippen LogP contribution in [0.25, 0.3) is 33.6 Å². The Balaban J connectivity index is 1.60. The van der Waals surface area contributed by atoms with E-state index >= 15 is 0 Å². The second kappa shape index (κ2) is 10.6.